The van der Waals surface area contributed by atoms with E-state index in [-0.39, 0.29) is 11.7 Å². The highest BCUT2D eigenvalue weighted by atomic mass is 79.9. The molecule has 1 atom stereocenters. The van der Waals surface area contributed by atoms with Gasteiger partial charge in [0.25, 0.3) is 5.91 Å². The molecule has 1 amide bonds. The number of aromatic hydroxyl groups is 1. The summed E-state index contributed by atoms with van der Waals surface area (Å²) in [4.78, 5) is 12.6. The number of hydrogen-bond donors (Lipinski definition) is 2. The van der Waals surface area contributed by atoms with E-state index >= 15 is 0 Å². The van der Waals surface area contributed by atoms with Crippen LogP contribution < -0.4 is 10.2 Å². The van der Waals surface area contributed by atoms with Crippen molar-refractivity contribution in [2.24, 2.45) is 5.10 Å². The number of carbonyl (C=O) groups is 1. The second-order valence-corrected chi connectivity index (χ2v) is 7.49. The molecule has 2 N–H and O–H groups in total. The van der Waals surface area contributed by atoms with Crippen LogP contribution >= 0.6 is 15.9 Å². The number of fused-ring (bicyclic) bond motifs is 1. The summed E-state index contributed by atoms with van der Waals surface area (Å²) in [5.41, 5.74) is 3.76. The average Bonchev–Trinajstić information content (AvgIpc) is 2.76. The maximum absolute atomic E-state index is 12.6. The number of phenols is 1. The second-order valence-electron chi connectivity index (χ2n) is 6.70. The molecule has 3 rings (SSSR count). The van der Waals surface area contributed by atoms with Gasteiger partial charge in [-0.25, -0.2) is 5.43 Å². The van der Waals surface area contributed by atoms with Gasteiger partial charge in [-0.05, 0) is 57.2 Å². The molecule has 0 aliphatic carbocycles. The lowest BCUT2D eigenvalue weighted by Crippen LogP contribution is -2.35. The number of phenolic OH excluding ortho intramolecular Hbond substituents is 1. The van der Waals surface area contributed by atoms with Gasteiger partial charge in [-0.1, -0.05) is 55.5 Å². The van der Waals surface area contributed by atoms with Crippen molar-refractivity contribution in [1.82, 2.24) is 5.43 Å². The fourth-order valence-electron chi connectivity index (χ4n) is 3.05. The van der Waals surface area contributed by atoms with Crippen LogP contribution in [0.5, 0.6) is 11.5 Å². The normalized spacial score (nSPS) is 12.1. The first-order valence-corrected chi connectivity index (χ1v) is 10.4. The zero-order valence-corrected chi connectivity index (χ0v) is 18.2. The quantitative estimate of drug-likeness (QED) is 0.267. The second kappa shape index (κ2) is 10.1. The Kier molecular flexibility index (Phi) is 7.25. The molecule has 0 bridgehead atoms. The highest BCUT2D eigenvalue weighted by Gasteiger charge is 2.19. The number of nitrogens with one attached hydrogen (secondary N) is 1. The first-order valence-electron chi connectivity index (χ1n) is 9.63. The number of rotatable bonds is 8. The third kappa shape index (κ3) is 4.89. The van der Waals surface area contributed by atoms with Crippen LogP contribution in [-0.4, -0.2) is 23.3 Å². The Bertz CT molecular complexity index is 1100. The number of benzene rings is 3. The van der Waals surface area contributed by atoms with Crippen LogP contribution in [0.1, 0.15) is 24.5 Å². The molecule has 0 aliphatic heterocycles. The zero-order valence-electron chi connectivity index (χ0n) is 16.6. The van der Waals surface area contributed by atoms with E-state index in [0.717, 1.165) is 20.8 Å². The number of para-hydroxylation sites is 1. The third-order valence-electron chi connectivity index (χ3n) is 4.65. The van der Waals surface area contributed by atoms with Crippen molar-refractivity contribution in [3.63, 3.8) is 0 Å². The predicted molar refractivity (Wildman–Crippen MR) is 124 cm³/mol. The Hall–Kier alpha value is -3.12. The molecule has 0 radical (unpaired) electrons. The van der Waals surface area contributed by atoms with Crippen LogP contribution in [0.25, 0.3) is 10.8 Å². The largest absolute Gasteiger partial charge is 0.507 e. The number of ether oxygens (including phenoxy) is 1. The van der Waals surface area contributed by atoms with Crippen molar-refractivity contribution in [2.45, 2.75) is 25.9 Å². The van der Waals surface area contributed by atoms with Crippen LogP contribution in [0, 0.1) is 0 Å². The number of hydrazone groups is 1. The molecule has 0 aliphatic rings. The number of allylic oxidation sites excluding steroid dienone is 1. The Morgan fingerprint density at radius 3 is 2.80 bits per heavy atom. The van der Waals surface area contributed by atoms with E-state index < -0.39 is 6.10 Å². The molecule has 0 aromatic heterocycles. The molecule has 3 aromatic rings. The van der Waals surface area contributed by atoms with Gasteiger partial charge >= 0.3 is 0 Å². The first-order chi connectivity index (χ1) is 14.5. The first kappa shape index (κ1) is 21.6. The molecule has 0 spiro atoms. The molecular formula is C24H23BrN2O3. The van der Waals surface area contributed by atoms with E-state index in [4.69, 9.17) is 4.74 Å². The Morgan fingerprint density at radius 1 is 1.23 bits per heavy atom. The van der Waals surface area contributed by atoms with Gasteiger partial charge in [0.15, 0.2) is 6.10 Å². The topological polar surface area (TPSA) is 70.9 Å². The SMILES string of the molecule is C=CCc1cccc(/C=N\NC(=O)[C@@H](CC)Oc2ccc3ccccc3c2Br)c1O. The summed E-state index contributed by atoms with van der Waals surface area (Å²) in [5.74, 6) is 0.351. The summed E-state index contributed by atoms with van der Waals surface area (Å²) in [6.07, 6.45) is 3.44. The number of amides is 1. The monoisotopic (exact) mass is 466 g/mol. The highest BCUT2D eigenvalue weighted by molar-refractivity contribution is 9.10. The van der Waals surface area contributed by atoms with E-state index in [0.29, 0.717) is 24.2 Å². The van der Waals surface area contributed by atoms with Gasteiger partial charge in [0.1, 0.15) is 11.5 Å². The fraction of sp³-hybridized carbons (Fsp3) is 0.167. The number of halogens is 1. The molecule has 0 saturated heterocycles. The number of carbonyl (C=O) groups excluding carboxylic acids is 1. The molecule has 30 heavy (non-hydrogen) atoms. The van der Waals surface area contributed by atoms with Crippen LogP contribution in [-0.2, 0) is 11.2 Å². The van der Waals surface area contributed by atoms with Gasteiger partial charge < -0.3 is 9.84 Å². The van der Waals surface area contributed by atoms with Gasteiger partial charge in [-0.2, -0.15) is 5.10 Å². The van der Waals surface area contributed by atoms with E-state index in [2.05, 4.69) is 33.0 Å². The van der Waals surface area contributed by atoms with Gasteiger partial charge in [0, 0.05) is 5.56 Å². The van der Waals surface area contributed by atoms with Crippen molar-refractivity contribution >= 4 is 38.8 Å². The van der Waals surface area contributed by atoms with Crippen molar-refractivity contribution in [2.75, 3.05) is 0 Å². The van der Waals surface area contributed by atoms with Crippen molar-refractivity contribution in [1.29, 1.82) is 0 Å². The lowest BCUT2D eigenvalue weighted by Gasteiger charge is -2.17. The zero-order chi connectivity index (χ0) is 21.5. The maximum Gasteiger partial charge on any atom is 0.281 e. The number of hydrogen-bond acceptors (Lipinski definition) is 4. The standard InChI is InChI=1S/C24H23BrN2O3/c1-3-8-17-10-7-11-18(23(17)28)15-26-27-24(29)20(4-2)30-21-14-13-16-9-5-6-12-19(16)22(21)25/h3,5-7,9-15,20,28H,1,4,8H2,2H3,(H,27,29)/b26-15-/t20-/m1/s1. The smallest absolute Gasteiger partial charge is 0.281 e. The minimum absolute atomic E-state index is 0.124. The van der Waals surface area contributed by atoms with Gasteiger partial charge in [0.05, 0.1) is 10.7 Å². The maximum atomic E-state index is 12.6. The Labute approximate surface area is 184 Å². The van der Waals surface area contributed by atoms with E-state index in [1.807, 2.05) is 55.5 Å². The third-order valence-corrected chi connectivity index (χ3v) is 5.47. The Morgan fingerprint density at radius 2 is 2.03 bits per heavy atom. The highest BCUT2D eigenvalue weighted by Crippen LogP contribution is 2.33. The Balaban J connectivity index is 1.70. The summed E-state index contributed by atoms with van der Waals surface area (Å²) >= 11 is 3.58. The average molecular weight is 467 g/mol. The van der Waals surface area contributed by atoms with Crippen molar-refractivity contribution < 1.29 is 14.6 Å². The lowest BCUT2D eigenvalue weighted by atomic mass is 10.1. The predicted octanol–water partition coefficient (Wildman–Crippen LogP) is 5.34. The summed E-state index contributed by atoms with van der Waals surface area (Å²) < 4.78 is 6.75. The van der Waals surface area contributed by atoms with Crippen LogP contribution in [0.2, 0.25) is 0 Å². The molecule has 3 aromatic carbocycles. The summed E-state index contributed by atoms with van der Waals surface area (Å²) in [6, 6.07) is 17.1. The van der Waals surface area contributed by atoms with Crippen LogP contribution in [0.4, 0.5) is 0 Å². The molecule has 0 heterocycles. The molecule has 0 saturated carbocycles. The summed E-state index contributed by atoms with van der Waals surface area (Å²) in [6.45, 7) is 5.55. The molecule has 5 nitrogen and oxygen atoms in total. The van der Waals surface area contributed by atoms with Gasteiger partial charge in [-0.15, -0.1) is 6.58 Å². The van der Waals surface area contributed by atoms with Crippen LogP contribution in [0.15, 0.2) is 76.8 Å². The molecule has 0 unspecified atom stereocenters. The summed E-state index contributed by atoms with van der Waals surface area (Å²) in [7, 11) is 0. The number of nitrogens with zero attached hydrogens (tertiary/aromatic N) is 1. The molecule has 154 valence electrons. The minimum atomic E-state index is -0.708. The van der Waals surface area contributed by atoms with Gasteiger partial charge in [0.2, 0.25) is 0 Å². The molecular weight excluding hydrogens is 444 g/mol. The molecule has 0 fully saturated rings. The lowest BCUT2D eigenvalue weighted by molar-refractivity contribution is -0.128. The van der Waals surface area contributed by atoms with E-state index in [1.54, 1.807) is 12.1 Å². The molecule has 6 heteroatoms. The van der Waals surface area contributed by atoms with E-state index in [1.165, 1.54) is 6.21 Å². The van der Waals surface area contributed by atoms with E-state index in [9.17, 15) is 9.90 Å². The minimum Gasteiger partial charge on any atom is -0.507 e. The van der Waals surface area contributed by atoms with Crippen LogP contribution in [0.3, 0.4) is 0 Å². The van der Waals surface area contributed by atoms with Crippen molar-refractivity contribution in [3.8, 4) is 11.5 Å². The van der Waals surface area contributed by atoms with Crippen molar-refractivity contribution in [3.05, 3.63) is 82.9 Å². The van der Waals surface area contributed by atoms with Gasteiger partial charge in [-0.3, -0.25) is 4.79 Å². The summed E-state index contributed by atoms with van der Waals surface area (Å²) in [5, 5.41) is 16.3. The fourth-order valence-corrected chi connectivity index (χ4v) is 3.64.